The Morgan fingerprint density at radius 1 is 1.32 bits per heavy atom. The standard InChI is InChI=1S/C22H34O3/c1-14-11-22-9-6-18-20(3,13-25-15(2)23)7-5-8-21(18,4)19(22)17(24)10-16(14)12-22/h16-19,24H,1,5-13H2,2-4H3/t16-,17+,18+,19-,20+,21+,22+/m0/s1. The third-order valence-electron chi connectivity index (χ3n) is 8.73. The van der Waals surface area contributed by atoms with Crippen LogP contribution in [-0.4, -0.2) is 23.8 Å². The third kappa shape index (κ3) is 2.44. The summed E-state index contributed by atoms with van der Waals surface area (Å²) in [5.74, 6) is 1.28. The number of esters is 1. The first-order chi connectivity index (χ1) is 11.7. The normalized spacial score (nSPS) is 51.6. The van der Waals surface area contributed by atoms with Gasteiger partial charge in [0.1, 0.15) is 0 Å². The number of ether oxygens (including phenoxy) is 1. The molecule has 1 N–H and O–H groups in total. The highest BCUT2D eigenvalue weighted by atomic mass is 16.5. The summed E-state index contributed by atoms with van der Waals surface area (Å²) in [4.78, 5) is 11.4. The van der Waals surface area contributed by atoms with E-state index in [9.17, 15) is 9.90 Å². The Kier molecular flexibility index (Phi) is 3.92. The Hall–Kier alpha value is -0.830. The number of carbonyl (C=O) groups excluding carboxylic acids is 1. The molecule has 4 aliphatic carbocycles. The maximum absolute atomic E-state index is 11.4. The largest absolute Gasteiger partial charge is 0.465 e. The lowest BCUT2D eigenvalue weighted by Crippen LogP contribution is -2.61. The number of aliphatic hydroxyl groups excluding tert-OH is 1. The lowest BCUT2D eigenvalue weighted by Gasteiger charge is -2.65. The van der Waals surface area contributed by atoms with E-state index < -0.39 is 0 Å². The molecule has 4 saturated carbocycles. The Balaban J connectivity index is 1.68. The van der Waals surface area contributed by atoms with Gasteiger partial charge in [0.25, 0.3) is 0 Å². The summed E-state index contributed by atoms with van der Waals surface area (Å²) < 4.78 is 5.50. The highest BCUT2D eigenvalue weighted by molar-refractivity contribution is 5.65. The molecule has 4 fully saturated rings. The molecule has 140 valence electrons. The van der Waals surface area contributed by atoms with Gasteiger partial charge < -0.3 is 9.84 Å². The summed E-state index contributed by atoms with van der Waals surface area (Å²) in [5, 5.41) is 11.2. The van der Waals surface area contributed by atoms with Crippen LogP contribution in [0.15, 0.2) is 12.2 Å². The van der Waals surface area contributed by atoms with Gasteiger partial charge in [-0.1, -0.05) is 32.4 Å². The number of rotatable bonds is 2. The second kappa shape index (κ2) is 5.58. The molecule has 0 saturated heterocycles. The zero-order valence-corrected chi connectivity index (χ0v) is 16.1. The summed E-state index contributed by atoms with van der Waals surface area (Å²) in [7, 11) is 0. The van der Waals surface area contributed by atoms with E-state index in [4.69, 9.17) is 4.74 Å². The van der Waals surface area contributed by atoms with E-state index in [-0.39, 0.29) is 28.3 Å². The molecule has 4 aliphatic rings. The third-order valence-corrected chi connectivity index (χ3v) is 8.73. The number of carbonyl (C=O) groups is 1. The van der Waals surface area contributed by atoms with Crippen LogP contribution in [0.5, 0.6) is 0 Å². The van der Waals surface area contributed by atoms with Crippen molar-refractivity contribution in [3.8, 4) is 0 Å². The van der Waals surface area contributed by atoms with E-state index in [2.05, 4.69) is 20.4 Å². The van der Waals surface area contributed by atoms with Crippen LogP contribution in [0.4, 0.5) is 0 Å². The van der Waals surface area contributed by atoms with Gasteiger partial charge in [-0.3, -0.25) is 4.79 Å². The first-order valence-corrected chi connectivity index (χ1v) is 10.2. The van der Waals surface area contributed by atoms with Gasteiger partial charge in [-0.15, -0.1) is 0 Å². The molecule has 4 rings (SSSR count). The highest BCUT2D eigenvalue weighted by Crippen LogP contribution is 2.72. The molecule has 0 aromatic rings. The van der Waals surface area contributed by atoms with Crippen molar-refractivity contribution in [2.75, 3.05) is 6.61 Å². The Bertz CT molecular complexity index is 598. The van der Waals surface area contributed by atoms with Crippen molar-refractivity contribution in [3.05, 3.63) is 12.2 Å². The fourth-order valence-electron chi connectivity index (χ4n) is 8.05. The van der Waals surface area contributed by atoms with E-state index in [1.165, 1.54) is 44.6 Å². The summed E-state index contributed by atoms with van der Waals surface area (Å²) in [6.45, 7) is 11.2. The number of hydrogen-bond donors (Lipinski definition) is 1. The fraction of sp³-hybridized carbons (Fsp3) is 0.864. The lowest BCUT2D eigenvalue weighted by atomic mass is 9.40. The van der Waals surface area contributed by atoms with Gasteiger partial charge in [0, 0.05) is 12.3 Å². The van der Waals surface area contributed by atoms with Crippen LogP contribution in [0.2, 0.25) is 0 Å². The minimum absolute atomic E-state index is 0.0481. The Labute approximate surface area is 152 Å². The zero-order chi connectivity index (χ0) is 18.0. The summed E-state index contributed by atoms with van der Waals surface area (Å²) in [6, 6.07) is 0. The van der Waals surface area contributed by atoms with E-state index in [1.54, 1.807) is 0 Å². The number of fused-ring (bicyclic) bond motifs is 3. The van der Waals surface area contributed by atoms with Crippen molar-refractivity contribution < 1.29 is 14.6 Å². The van der Waals surface area contributed by atoms with Crippen LogP contribution in [0.1, 0.15) is 72.1 Å². The smallest absolute Gasteiger partial charge is 0.302 e. The van der Waals surface area contributed by atoms with Crippen LogP contribution < -0.4 is 0 Å². The van der Waals surface area contributed by atoms with Crippen LogP contribution in [0.3, 0.4) is 0 Å². The van der Waals surface area contributed by atoms with Gasteiger partial charge in [0.2, 0.25) is 0 Å². The van der Waals surface area contributed by atoms with Gasteiger partial charge in [-0.05, 0) is 73.5 Å². The van der Waals surface area contributed by atoms with Crippen molar-refractivity contribution in [1.82, 2.24) is 0 Å². The molecule has 0 aromatic carbocycles. The molecular weight excluding hydrogens is 312 g/mol. The van der Waals surface area contributed by atoms with E-state index in [1.807, 2.05) is 0 Å². The average molecular weight is 347 g/mol. The van der Waals surface area contributed by atoms with Crippen LogP contribution in [0.25, 0.3) is 0 Å². The second-order valence-corrected chi connectivity index (χ2v) is 10.3. The van der Waals surface area contributed by atoms with Gasteiger partial charge in [0.05, 0.1) is 12.7 Å². The SMILES string of the molecule is C=C1C[C@@]23CC[C@@H]4[C@@](C)(COC(C)=O)CCC[C@@]4(C)[C@@H]2[C@H](O)C[C@H]1C3. The van der Waals surface area contributed by atoms with Crippen LogP contribution in [0, 0.1) is 34.0 Å². The van der Waals surface area contributed by atoms with E-state index in [0.29, 0.717) is 24.4 Å². The van der Waals surface area contributed by atoms with E-state index >= 15 is 0 Å². The van der Waals surface area contributed by atoms with Crippen molar-refractivity contribution in [3.63, 3.8) is 0 Å². The molecule has 7 atom stereocenters. The Morgan fingerprint density at radius 3 is 2.80 bits per heavy atom. The van der Waals surface area contributed by atoms with Gasteiger partial charge in [-0.25, -0.2) is 0 Å². The minimum Gasteiger partial charge on any atom is -0.465 e. The topological polar surface area (TPSA) is 46.5 Å². The number of allylic oxidation sites excluding steroid dienone is 1. The van der Waals surface area contributed by atoms with Crippen molar-refractivity contribution in [2.45, 2.75) is 78.2 Å². The maximum atomic E-state index is 11.4. The van der Waals surface area contributed by atoms with Gasteiger partial charge in [0.15, 0.2) is 0 Å². The number of aliphatic hydroxyl groups is 1. The molecule has 0 unspecified atom stereocenters. The first kappa shape index (κ1) is 17.6. The van der Waals surface area contributed by atoms with Crippen molar-refractivity contribution >= 4 is 5.97 Å². The molecule has 2 bridgehead atoms. The molecule has 3 heteroatoms. The lowest BCUT2D eigenvalue weighted by molar-refractivity contribution is -0.198. The fourth-order valence-corrected chi connectivity index (χ4v) is 8.05. The summed E-state index contributed by atoms with van der Waals surface area (Å²) in [6.07, 6.45) is 9.01. The molecule has 3 nitrogen and oxygen atoms in total. The highest BCUT2D eigenvalue weighted by Gasteiger charge is 2.66. The van der Waals surface area contributed by atoms with Gasteiger partial charge >= 0.3 is 5.97 Å². The summed E-state index contributed by atoms with van der Waals surface area (Å²) in [5.41, 5.74) is 1.87. The molecule has 0 radical (unpaired) electrons. The molecule has 1 spiro atoms. The molecular formula is C22H34O3. The molecule has 0 amide bonds. The van der Waals surface area contributed by atoms with E-state index in [0.717, 1.165) is 19.3 Å². The predicted molar refractivity (Wildman–Crippen MR) is 97.8 cm³/mol. The second-order valence-electron chi connectivity index (χ2n) is 10.3. The van der Waals surface area contributed by atoms with Crippen molar-refractivity contribution in [2.24, 2.45) is 34.0 Å². The molecule has 0 aliphatic heterocycles. The summed E-state index contributed by atoms with van der Waals surface area (Å²) >= 11 is 0. The number of hydrogen-bond acceptors (Lipinski definition) is 3. The van der Waals surface area contributed by atoms with Crippen molar-refractivity contribution in [1.29, 1.82) is 0 Å². The zero-order valence-electron chi connectivity index (χ0n) is 16.1. The predicted octanol–water partition coefficient (Wildman–Crippen LogP) is 4.49. The maximum Gasteiger partial charge on any atom is 0.302 e. The minimum atomic E-state index is -0.193. The quantitative estimate of drug-likeness (QED) is 0.592. The molecule has 0 aromatic heterocycles. The monoisotopic (exact) mass is 346 g/mol. The van der Waals surface area contributed by atoms with Crippen LogP contribution in [-0.2, 0) is 9.53 Å². The Morgan fingerprint density at radius 2 is 2.08 bits per heavy atom. The van der Waals surface area contributed by atoms with Gasteiger partial charge in [-0.2, -0.15) is 0 Å². The molecule has 25 heavy (non-hydrogen) atoms. The molecule has 0 heterocycles. The first-order valence-electron chi connectivity index (χ1n) is 10.2. The van der Waals surface area contributed by atoms with Crippen LogP contribution >= 0.6 is 0 Å². The average Bonchev–Trinajstić information content (AvgIpc) is 2.75.